The van der Waals surface area contributed by atoms with Crippen LogP contribution in [0, 0.1) is 12.7 Å². The molecule has 0 bridgehead atoms. The van der Waals surface area contributed by atoms with E-state index >= 15 is 0 Å². The predicted molar refractivity (Wildman–Crippen MR) is 79.3 cm³/mol. The van der Waals surface area contributed by atoms with E-state index in [9.17, 15) is 12.8 Å². The molecule has 21 heavy (non-hydrogen) atoms. The Kier molecular flexibility index (Phi) is 3.34. The van der Waals surface area contributed by atoms with Crippen molar-refractivity contribution in [2.24, 2.45) is 5.73 Å². The Bertz CT molecular complexity index is 754. The Balaban J connectivity index is 1.91. The van der Waals surface area contributed by atoms with Crippen LogP contribution in [0.5, 0.6) is 0 Å². The smallest absolute Gasteiger partial charge is 0.183 e. The van der Waals surface area contributed by atoms with Gasteiger partial charge in [0.15, 0.2) is 9.84 Å². The van der Waals surface area contributed by atoms with E-state index in [2.05, 4.69) is 0 Å². The molecule has 0 heterocycles. The summed E-state index contributed by atoms with van der Waals surface area (Å²) in [5.41, 5.74) is 7.73. The predicted octanol–water partition coefficient (Wildman–Crippen LogP) is 2.40. The fourth-order valence-electron chi connectivity index (χ4n) is 2.69. The van der Waals surface area contributed by atoms with Gasteiger partial charge < -0.3 is 5.73 Å². The second kappa shape index (κ2) is 4.93. The number of benzene rings is 2. The van der Waals surface area contributed by atoms with Crippen molar-refractivity contribution in [2.75, 3.05) is 0 Å². The van der Waals surface area contributed by atoms with Crippen LogP contribution in [0.4, 0.5) is 4.39 Å². The minimum Gasteiger partial charge on any atom is -0.326 e. The zero-order valence-electron chi connectivity index (χ0n) is 11.5. The van der Waals surface area contributed by atoms with E-state index in [0.717, 1.165) is 11.1 Å². The van der Waals surface area contributed by atoms with Gasteiger partial charge in [-0.2, -0.15) is 0 Å². The van der Waals surface area contributed by atoms with Crippen LogP contribution >= 0.6 is 0 Å². The van der Waals surface area contributed by atoms with Crippen LogP contribution in [-0.4, -0.2) is 19.7 Å². The summed E-state index contributed by atoms with van der Waals surface area (Å²) < 4.78 is 38.2. The first kappa shape index (κ1) is 14.2. The van der Waals surface area contributed by atoms with Gasteiger partial charge in [0.2, 0.25) is 0 Å². The van der Waals surface area contributed by atoms with Crippen LogP contribution in [0.15, 0.2) is 53.4 Å². The van der Waals surface area contributed by atoms with E-state index in [1.807, 2.05) is 6.92 Å². The Morgan fingerprint density at radius 2 is 1.57 bits per heavy atom. The van der Waals surface area contributed by atoms with Crippen LogP contribution in [-0.2, 0) is 9.84 Å². The molecule has 0 amide bonds. The van der Waals surface area contributed by atoms with Gasteiger partial charge in [-0.1, -0.05) is 29.8 Å². The van der Waals surface area contributed by atoms with Gasteiger partial charge in [-0.05, 0) is 36.8 Å². The minimum absolute atomic E-state index is 0.267. The zero-order chi connectivity index (χ0) is 15.2. The van der Waals surface area contributed by atoms with E-state index in [1.54, 1.807) is 36.4 Å². The molecule has 3 atom stereocenters. The third-order valence-corrected chi connectivity index (χ3v) is 6.22. The number of hydrogen-bond donors (Lipinski definition) is 1. The number of aryl methyl sites for hydroxylation is 1. The molecule has 0 unspecified atom stereocenters. The van der Waals surface area contributed by atoms with Crippen molar-refractivity contribution in [3.8, 4) is 0 Å². The lowest BCUT2D eigenvalue weighted by molar-refractivity contribution is 0.593. The van der Waals surface area contributed by atoms with Gasteiger partial charge in [-0.3, -0.25) is 0 Å². The first-order chi connectivity index (χ1) is 9.91. The molecule has 1 aliphatic carbocycles. The first-order valence-electron chi connectivity index (χ1n) is 6.73. The molecule has 2 aromatic rings. The Morgan fingerprint density at radius 1 is 1.00 bits per heavy atom. The average molecular weight is 305 g/mol. The molecular weight excluding hydrogens is 289 g/mol. The molecule has 1 saturated carbocycles. The van der Waals surface area contributed by atoms with Crippen LogP contribution in [0.3, 0.4) is 0 Å². The molecular formula is C16H16FNO2S. The van der Waals surface area contributed by atoms with Crippen molar-refractivity contribution in [3.05, 3.63) is 65.5 Å². The van der Waals surface area contributed by atoms with E-state index in [1.165, 1.54) is 12.1 Å². The lowest BCUT2D eigenvalue weighted by Crippen LogP contribution is -2.15. The molecule has 0 aromatic heterocycles. The highest BCUT2D eigenvalue weighted by Crippen LogP contribution is 2.47. The van der Waals surface area contributed by atoms with Gasteiger partial charge in [0.1, 0.15) is 5.82 Å². The van der Waals surface area contributed by atoms with Gasteiger partial charge in [0.25, 0.3) is 0 Å². The van der Waals surface area contributed by atoms with Gasteiger partial charge in [-0.25, -0.2) is 12.8 Å². The molecule has 2 aromatic carbocycles. The number of hydrogen-bond acceptors (Lipinski definition) is 3. The summed E-state index contributed by atoms with van der Waals surface area (Å²) >= 11 is 0. The van der Waals surface area contributed by atoms with Gasteiger partial charge >= 0.3 is 0 Å². The molecule has 1 fully saturated rings. The molecule has 2 N–H and O–H groups in total. The largest absolute Gasteiger partial charge is 0.326 e. The Morgan fingerprint density at radius 3 is 2.14 bits per heavy atom. The van der Waals surface area contributed by atoms with Crippen LogP contribution in [0.1, 0.15) is 17.0 Å². The van der Waals surface area contributed by atoms with Crippen molar-refractivity contribution in [2.45, 2.75) is 29.0 Å². The normalized spacial score (nSPS) is 24.8. The molecule has 3 rings (SSSR count). The minimum atomic E-state index is -3.46. The highest BCUT2D eigenvalue weighted by Gasteiger charge is 2.57. The van der Waals surface area contributed by atoms with Gasteiger partial charge in [-0.15, -0.1) is 0 Å². The molecule has 0 saturated heterocycles. The van der Waals surface area contributed by atoms with Crippen molar-refractivity contribution in [3.63, 3.8) is 0 Å². The highest BCUT2D eigenvalue weighted by molar-refractivity contribution is 7.92. The van der Waals surface area contributed by atoms with Gasteiger partial charge in [0, 0.05) is 12.0 Å². The average Bonchev–Trinajstić information content (AvgIpc) is 3.12. The summed E-state index contributed by atoms with van der Waals surface area (Å²) in [6.07, 6.45) is 0. The van der Waals surface area contributed by atoms with E-state index in [4.69, 9.17) is 5.73 Å². The fourth-order valence-corrected chi connectivity index (χ4v) is 4.73. The number of sulfone groups is 1. The summed E-state index contributed by atoms with van der Waals surface area (Å²) in [5, 5.41) is -0.634. The molecule has 1 aliphatic rings. The topological polar surface area (TPSA) is 60.2 Å². The monoisotopic (exact) mass is 305 g/mol. The number of halogens is 1. The quantitative estimate of drug-likeness (QED) is 0.947. The van der Waals surface area contributed by atoms with Crippen molar-refractivity contribution < 1.29 is 12.8 Å². The lowest BCUT2D eigenvalue weighted by Gasteiger charge is -2.04. The van der Waals surface area contributed by atoms with Crippen molar-refractivity contribution in [1.29, 1.82) is 0 Å². The zero-order valence-corrected chi connectivity index (χ0v) is 12.3. The SMILES string of the molecule is Cc1ccc(S(=O)(=O)[C@H]2[C@@H](N)[C@@H]2c2ccc(F)cc2)cc1. The number of rotatable bonds is 3. The second-order valence-corrected chi connectivity index (χ2v) is 7.58. The third-order valence-electron chi connectivity index (χ3n) is 3.97. The fraction of sp³-hybridized carbons (Fsp3) is 0.250. The third kappa shape index (κ3) is 2.47. The summed E-state index contributed by atoms with van der Waals surface area (Å²) in [6, 6.07) is 12.2. The Labute approximate surface area is 123 Å². The van der Waals surface area contributed by atoms with E-state index in [0.29, 0.717) is 0 Å². The summed E-state index contributed by atoms with van der Waals surface area (Å²) in [4.78, 5) is 0.290. The molecule has 5 heteroatoms. The van der Waals surface area contributed by atoms with Crippen molar-refractivity contribution in [1.82, 2.24) is 0 Å². The van der Waals surface area contributed by atoms with E-state index in [-0.39, 0.29) is 16.6 Å². The second-order valence-electron chi connectivity index (χ2n) is 5.48. The highest BCUT2D eigenvalue weighted by atomic mass is 32.2. The van der Waals surface area contributed by atoms with Crippen LogP contribution in [0.2, 0.25) is 0 Å². The number of nitrogens with two attached hydrogens (primary N) is 1. The van der Waals surface area contributed by atoms with Gasteiger partial charge in [0.05, 0.1) is 10.1 Å². The molecule has 3 nitrogen and oxygen atoms in total. The molecule has 110 valence electrons. The van der Waals surface area contributed by atoms with E-state index < -0.39 is 21.1 Å². The first-order valence-corrected chi connectivity index (χ1v) is 8.27. The van der Waals surface area contributed by atoms with Crippen LogP contribution in [0.25, 0.3) is 0 Å². The molecule has 0 spiro atoms. The standard InChI is InChI=1S/C16H16FNO2S/c1-10-2-8-13(9-3-10)21(19,20)16-14(15(16)18)11-4-6-12(17)7-5-11/h2-9,14-16H,18H2,1H3/t14-,15-,16+/m0/s1. The lowest BCUT2D eigenvalue weighted by atomic mass is 10.1. The summed E-state index contributed by atoms with van der Waals surface area (Å²) in [5.74, 6) is -0.609. The molecule has 0 radical (unpaired) electrons. The maximum Gasteiger partial charge on any atom is 0.183 e. The Hall–Kier alpha value is -1.72. The maximum absolute atomic E-state index is 13.0. The summed E-state index contributed by atoms with van der Waals surface area (Å²) in [7, 11) is -3.46. The molecule has 0 aliphatic heterocycles. The summed E-state index contributed by atoms with van der Waals surface area (Å²) in [6.45, 7) is 1.90. The van der Waals surface area contributed by atoms with Crippen LogP contribution < -0.4 is 5.73 Å². The van der Waals surface area contributed by atoms with Crippen molar-refractivity contribution >= 4 is 9.84 Å². The maximum atomic E-state index is 13.0.